The summed E-state index contributed by atoms with van der Waals surface area (Å²) in [5.74, 6) is -0.715. The highest BCUT2D eigenvalue weighted by Crippen LogP contribution is 2.45. The average molecular weight is 744 g/mol. The van der Waals surface area contributed by atoms with Crippen molar-refractivity contribution in [1.82, 2.24) is 24.6 Å². The molecular weight excluding hydrogens is 698 g/mol. The highest BCUT2D eigenvalue weighted by molar-refractivity contribution is 7.22. The predicted molar refractivity (Wildman–Crippen MR) is 206 cm³/mol. The minimum atomic E-state index is -1.17. The highest BCUT2D eigenvalue weighted by Gasteiger charge is 2.35. The number of carbonyl (C=O) groups excluding carboxylic acids is 1. The fourth-order valence-electron chi connectivity index (χ4n) is 7.91. The van der Waals surface area contributed by atoms with Gasteiger partial charge in [-0.05, 0) is 114 Å². The third-order valence-electron chi connectivity index (χ3n) is 10.4. The van der Waals surface area contributed by atoms with Gasteiger partial charge in [0, 0.05) is 58.7 Å². The molecule has 0 aliphatic carbocycles. The van der Waals surface area contributed by atoms with Crippen LogP contribution in [-0.4, -0.2) is 86.7 Å². The number of thiazole rings is 1. The lowest BCUT2D eigenvalue weighted by Gasteiger charge is -2.35. The van der Waals surface area contributed by atoms with Crippen LogP contribution in [0.1, 0.15) is 75.8 Å². The van der Waals surface area contributed by atoms with Gasteiger partial charge in [0.1, 0.15) is 5.01 Å². The van der Waals surface area contributed by atoms with E-state index >= 15 is 0 Å². The normalized spacial score (nSPS) is 18.1. The zero-order valence-electron chi connectivity index (χ0n) is 30.6. The molecule has 0 saturated carbocycles. The zero-order chi connectivity index (χ0) is 36.9. The second-order valence-electron chi connectivity index (χ2n) is 14.9. The Morgan fingerprint density at radius 2 is 1.75 bits per heavy atom. The van der Waals surface area contributed by atoms with E-state index in [9.17, 15) is 14.7 Å². The number of fused-ring (bicyclic) bond motifs is 2. The van der Waals surface area contributed by atoms with Crippen molar-refractivity contribution in [2.24, 2.45) is 0 Å². The molecule has 1 unspecified atom stereocenters. The number of aryl methyl sites for hydroxylation is 2. The molecule has 2 fully saturated rings. The minimum absolute atomic E-state index is 0.242. The number of ether oxygens (including phenoxy) is 2. The van der Waals surface area contributed by atoms with E-state index < -0.39 is 17.7 Å². The molecule has 5 aromatic rings. The fourth-order valence-corrected chi connectivity index (χ4v) is 9.16. The van der Waals surface area contributed by atoms with Crippen molar-refractivity contribution in [2.75, 3.05) is 33.3 Å². The number of aromatic nitrogens is 3. The van der Waals surface area contributed by atoms with E-state index in [0.717, 1.165) is 106 Å². The second-order valence-corrected chi connectivity index (χ2v) is 16.3. The minimum Gasteiger partial charge on any atom is -0.479 e. The van der Waals surface area contributed by atoms with E-state index in [1.165, 1.54) is 7.11 Å². The molecule has 0 spiro atoms. The molecule has 2 saturated heterocycles. The van der Waals surface area contributed by atoms with E-state index in [0.29, 0.717) is 22.5 Å². The molecule has 2 aliphatic heterocycles. The lowest BCUT2D eigenvalue weighted by molar-refractivity contribution is -0.160. The Morgan fingerprint density at radius 1 is 1.04 bits per heavy atom. The van der Waals surface area contributed by atoms with Gasteiger partial charge in [-0.15, -0.1) is 11.3 Å². The van der Waals surface area contributed by atoms with Crippen LogP contribution in [0.2, 0.25) is 5.02 Å². The fraction of sp³-hybridized carbons (Fsp3) is 0.450. The van der Waals surface area contributed by atoms with Gasteiger partial charge in [-0.25, -0.2) is 14.6 Å². The molecule has 0 bridgehead atoms. The van der Waals surface area contributed by atoms with Gasteiger partial charge in [0.05, 0.1) is 34.1 Å². The molecule has 0 radical (unpaired) electrons. The third-order valence-corrected chi connectivity index (χ3v) is 11.8. The number of nitrogens with zero attached hydrogens (tertiary/aromatic N) is 5. The first kappa shape index (κ1) is 36.3. The quantitative estimate of drug-likeness (QED) is 0.168. The largest absolute Gasteiger partial charge is 0.479 e. The maximum absolute atomic E-state index is 12.8. The van der Waals surface area contributed by atoms with Crippen molar-refractivity contribution in [2.45, 2.75) is 84.1 Å². The number of halogens is 1. The van der Waals surface area contributed by atoms with Crippen LogP contribution in [0, 0.1) is 6.92 Å². The molecule has 10 nitrogen and oxygen atoms in total. The van der Waals surface area contributed by atoms with Crippen LogP contribution in [0.5, 0.6) is 0 Å². The number of aliphatic carboxylic acids is 1. The Balaban J connectivity index is 1.26. The summed E-state index contributed by atoms with van der Waals surface area (Å²) in [6, 6.07) is 16.4. The summed E-state index contributed by atoms with van der Waals surface area (Å²) < 4.78 is 14.2. The first-order valence-corrected chi connectivity index (χ1v) is 19.2. The summed E-state index contributed by atoms with van der Waals surface area (Å²) in [5, 5.41) is 18.2. The Morgan fingerprint density at radius 3 is 2.40 bits per heavy atom. The summed E-state index contributed by atoms with van der Waals surface area (Å²) in [7, 11) is 1.44. The Hall–Kier alpha value is -4.03. The van der Waals surface area contributed by atoms with Gasteiger partial charge in [0.25, 0.3) is 0 Å². The van der Waals surface area contributed by atoms with Gasteiger partial charge in [0.15, 0.2) is 6.10 Å². The van der Waals surface area contributed by atoms with E-state index in [4.69, 9.17) is 31.2 Å². The van der Waals surface area contributed by atoms with Crippen molar-refractivity contribution in [3.05, 3.63) is 70.4 Å². The Bertz CT molecular complexity index is 2130. The maximum Gasteiger partial charge on any atom is 0.409 e. The van der Waals surface area contributed by atoms with Crippen molar-refractivity contribution < 1.29 is 24.2 Å². The first-order chi connectivity index (χ1) is 24.8. The molecule has 52 heavy (non-hydrogen) atoms. The Kier molecular flexibility index (Phi) is 10.1. The molecular formula is C40H46ClN5O5S. The molecule has 12 heteroatoms. The van der Waals surface area contributed by atoms with Crippen LogP contribution < -0.4 is 0 Å². The number of carboxylic acids is 1. The number of piperidine rings is 1. The molecule has 1 N–H and O–H groups in total. The van der Waals surface area contributed by atoms with Gasteiger partial charge in [-0.1, -0.05) is 23.7 Å². The highest BCUT2D eigenvalue weighted by atomic mass is 35.5. The SMILES string of the molecule is CCn1nc(C2CCN(C3CCN(C(=O)OC)C3)CC2)c2cc(-c3nc4cc(C)c([C@H](OC(C)(C)C)C(=O)O)c(-c5ccc(Cl)cc5)c4s3)ccc21. The molecule has 4 heterocycles. The van der Waals surface area contributed by atoms with Crippen LogP contribution in [0.25, 0.3) is 42.8 Å². The smallest absolute Gasteiger partial charge is 0.409 e. The number of likely N-dealkylation sites (tertiary alicyclic amines) is 2. The van der Waals surface area contributed by atoms with Gasteiger partial charge < -0.3 is 19.5 Å². The van der Waals surface area contributed by atoms with Gasteiger partial charge >= 0.3 is 12.1 Å². The predicted octanol–water partition coefficient (Wildman–Crippen LogP) is 8.92. The lowest BCUT2D eigenvalue weighted by Crippen LogP contribution is -2.43. The monoisotopic (exact) mass is 743 g/mol. The van der Waals surface area contributed by atoms with Gasteiger partial charge in [-0.3, -0.25) is 9.58 Å². The number of carboxylic acid groups (broad SMARTS) is 1. The summed E-state index contributed by atoms with van der Waals surface area (Å²) >= 11 is 7.87. The van der Waals surface area contributed by atoms with E-state index in [-0.39, 0.29) is 6.09 Å². The molecule has 1 amide bonds. The van der Waals surface area contributed by atoms with E-state index in [1.807, 2.05) is 58.0 Å². The Labute approximate surface area is 313 Å². The van der Waals surface area contributed by atoms with Crippen LogP contribution >= 0.6 is 22.9 Å². The molecule has 274 valence electrons. The molecule has 2 atom stereocenters. The van der Waals surface area contributed by atoms with Crippen molar-refractivity contribution in [3.8, 4) is 21.7 Å². The van der Waals surface area contributed by atoms with E-state index in [1.54, 1.807) is 16.2 Å². The first-order valence-electron chi connectivity index (χ1n) is 18.0. The van der Waals surface area contributed by atoms with Crippen LogP contribution in [0.4, 0.5) is 4.79 Å². The summed E-state index contributed by atoms with van der Waals surface area (Å²) in [4.78, 5) is 34.4. The van der Waals surface area contributed by atoms with Crippen LogP contribution in [0.3, 0.4) is 0 Å². The molecule has 3 aromatic carbocycles. The number of hydrogen-bond acceptors (Lipinski definition) is 8. The number of methoxy groups -OCH3 is 1. The molecule has 2 aliphatic rings. The summed E-state index contributed by atoms with van der Waals surface area (Å²) in [6.45, 7) is 13.8. The third kappa shape index (κ3) is 7.03. The van der Waals surface area contributed by atoms with Gasteiger partial charge in [-0.2, -0.15) is 5.10 Å². The van der Waals surface area contributed by atoms with Crippen LogP contribution in [-0.2, 0) is 20.8 Å². The number of carbonyl (C=O) groups is 2. The summed E-state index contributed by atoms with van der Waals surface area (Å²) in [6.07, 6.45) is 1.56. The number of rotatable bonds is 8. The molecule has 2 aromatic heterocycles. The van der Waals surface area contributed by atoms with Crippen molar-refractivity contribution in [3.63, 3.8) is 0 Å². The topological polar surface area (TPSA) is 110 Å². The number of amides is 1. The summed E-state index contributed by atoms with van der Waals surface area (Å²) in [5.41, 5.74) is 6.44. The maximum atomic E-state index is 12.8. The standard InChI is InChI=1S/C40H46ClN5O5S/c1-7-46-31-13-10-26(21-29(31)34(43-46)25-14-17-44(18-15-25)28-16-19-45(22-28)39(49)50-6)37-42-30-20-23(2)32(35(38(47)48)51-40(3,4)5)33(36(30)52-37)24-8-11-27(41)12-9-24/h8-13,20-21,25,28,35H,7,14-19,22H2,1-6H3,(H,47,48)/t28?,35-/m0/s1. The lowest BCUT2D eigenvalue weighted by atomic mass is 9.90. The zero-order valence-corrected chi connectivity index (χ0v) is 32.2. The van der Waals surface area contributed by atoms with E-state index in [2.05, 4.69) is 34.7 Å². The van der Waals surface area contributed by atoms with Crippen LogP contribution in [0.15, 0.2) is 48.5 Å². The van der Waals surface area contributed by atoms with Crippen molar-refractivity contribution >= 4 is 56.1 Å². The number of hydrogen-bond donors (Lipinski definition) is 1. The average Bonchev–Trinajstić information content (AvgIpc) is 3.87. The second kappa shape index (κ2) is 14.4. The van der Waals surface area contributed by atoms with Crippen molar-refractivity contribution in [1.29, 1.82) is 0 Å². The van der Waals surface area contributed by atoms with Gasteiger partial charge in [0.2, 0.25) is 0 Å². The number of benzene rings is 3. The molecule has 7 rings (SSSR count).